The van der Waals surface area contributed by atoms with Gasteiger partial charge in [-0.1, -0.05) is 54.6 Å². The highest BCUT2D eigenvalue weighted by atomic mass is 16.7. The Kier molecular flexibility index (Phi) is 4.70. The fourth-order valence-electron chi connectivity index (χ4n) is 4.80. The summed E-state index contributed by atoms with van der Waals surface area (Å²) < 4.78 is 14.9. The second-order valence-corrected chi connectivity index (χ2v) is 9.96. The molecule has 0 saturated carbocycles. The summed E-state index contributed by atoms with van der Waals surface area (Å²) in [6, 6.07) is 29.6. The normalized spacial score (nSPS) is 17.0. The lowest BCUT2D eigenvalue weighted by Crippen LogP contribution is -2.41. The fraction of sp³-hybridized carbons (Fsp3) is 0.207. The van der Waals surface area contributed by atoms with Crippen molar-refractivity contribution in [3.05, 3.63) is 91.1 Å². The van der Waals surface area contributed by atoms with Gasteiger partial charge in [0, 0.05) is 17.3 Å². The molecule has 0 radical (unpaired) electrons. The van der Waals surface area contributed by atoms with Gasteiger partial charge in [-0.2, -0.15) is 0 Å². The summed E-state index contributed by atoms with van der Waals surface area (Å²) in [6.07, 6.45) is 1.87. The summed E-state index contributed by atoms with van der Waals surface area (Å²) in [5.41, 5.74) is 6.90. The highest BCUT2D eigenvalue weighted by molar-refractivity contribution is 6.62. The quantitative estimate of drug-likeness (QED) is 0.312. The van der Waals surface area contributed by atoms with E-state index in [2.05, 4.69) is 105 Å². The average molecular weight is 446 g/mol. The standard InChI is InChI=1S/C29H27BN2O2/c1-28(2)29(3,4)34-30(33-28)21-12-8-11-20(19-21)23-15-9-16-24-26(23)27-25(17-10-18-31-27)32(24)22-13-6-5-7-14-22/h5-19H,1-4H3. The molecular weight excluding hydrogens is 419 g/mol. The second-order valence-electron chi connectivity index (χ2n) is 9.96. The first-order valence-electron chi connectivity index (χ1n) is 11.8. The molecule has 3 aromatic carbocycles. The third-order valence-corrected chi connectivity index (χ3v) is 7.28. The summed E-state index contributed by atoms with van der Waals surface area (Å²) in [7, 11) is -0.395. The van der Waals surface area contributed by atoms with Crippen molar-refractivity contribution in [2.45, 2.75) is 38.9 Å². The number of para-hydroxylation sites is 1. The van der Waals surface area contributed by atoms with Gasteiger partial charge in [0.1, 0.15) is 0 Å². The molecule has 6 rings (SSSR count). The SMILES string of the molecule is CC1(C)OB(c2cccc(-c3cccc4c3c3ncccc3n4-c3ccccc3)c2)OC1(C)C. The van der Waals surface area contributed by atoms with Crippen LogP contribution in [0, 0.1) is 0 Å². The molecule has 5 heteroatoms. The van der Waals surface area contributed by atoms with E-state index >= 15 is 0 Å². The van der Waals surface area contributed by atoms with Gasteiger partial charge in [0.15, 0.2) is 0 Å². The minimum absolute atomic E-state index is 0.374. The van der Waals surface area contributed by atoms with E-state index in [1.165, 1.54) is 0 Å². The molecule has 0 amide bonds. The van der Waals surface area contributed by atoms with Crippen LogP contribution >= 0.6 is 0 Å². The van der Waals surface area contributed by atoms with Crippen LogP contribution in [0.15, 0.2) is 91.1 Å². The van der Waals surface area contributed by atoms with Crippen LogP contribution < -0.4 is 5.46 Å². The van der Waals surface area contributed by atoms with Gasteiger partial charge in [-0.25, -0.2) is 0 Å². The van der Waals surface area contributed by atoms with Crippen LogP contribution in [0.1, 0.15) is 27.7 Å². The molecular formula is C29H27BN2O2. The van der Waals surface area contributed by atoms with Crippen LogP contribution in [-0.4, -0.2) is 27.9 Å². The third-order valence-electron chi connectivity index (χ3n) is 7.28. The predicted octanol–water partition coefficient (Wildman–Crippen LogP) is 6.14. The molecule has 1 aliphatic rings. The van der Waals surface area contributed by atoms with Gasteiger partial charge in [-0.15, -0.1) is 0 Å². The van der Waals surface area contributed by atoms with Crippen LogP contribution in [0.4, 0.5) is 0 Å². The Morgan fingerprint density at radius 1 is 0.735 bits per heavy atom. The van der Waals surface area contributed by atoms with E-state index in [1.54, 1.807) is 0 Å². The van der Waals surface area contributed by atoms with Crippen molar-refractivity contribution < 1.29 is 9.31 Å². The van der Waals surface area contributed by atoms with Gasteiger partial charge in [0.2, 0.25) is 0 Å². The summed E-state index contributed by atoms with van der Waals surface area (Å²) in [4.78, 5) is 4.81. The maximum atomic E-state index is 6.32. The first-order valence-corrected chi connectivity index (χ1v) is 11.8. The van der Waals surface area contributed by atoms with Crippen molar-refractivity contribution in [2.24, 2.45) is 0 Å². The molecule has 0 aliphatic carbocycles. The van der Waals surface area contributed by atoms with E-state index in [-0.39, 0.29) is 11.2 Å². The minimum atomic E-state index is -0.395. The topological polar surface area (TPSA) is 36.3 Å². The van der Waals surface area contributed by atoms with Crippen molar-refractivity contribution in [2.75, 3.05) is 0 Å². The molecule has 4 nitrogen and oxygen atoms in total. The number of nitrogens with zero attached hydrogens (tertiary/aromatic N) is 2. The van der Waals surface area contributed by atoms with Crippen LogP contribution in [0.3, 0.4) is 0 Å². The molecule has 0 atom stereocenters. The number of hydrogen-bond acceptors (Lipinski definition) is 3. The van der Waals surface area contributed by atoms with E-state index in [9.17, 15) is 0 Å². The third kappa shape index (κ3) is 3.19. The van der Waals surface area contributed by atoms with Crippen molar-refractivity contribution in [1.82, 2.24) is 9.55 Å². The Balaban J connectivity index is 1.55. The Labute approximate surface area is 200 Å². The van der Waals surface area contributed by atoms with E-state index in [1.807, 2.05) is 18.3 Å². The highest BCUT2D eigenvalue weighted by Crippen LogP contribution is 2.39. The number of hydrogen-bond donors (Lipinski definition) is 0. The van der Waals surface area contributed by atoms with E-state index in [0.717, 1.165) is 44.2 Å². The van der Waals surface area contributed by atoms with Crippen molar-refractivity contribution in [3.8, 4) is 16.8 Å². The van der Waals surface area contributed by atoms with Crippen LogP contribution in [0.2, 0.25) is 0 Å². The molecule has 1 saturated heterocycles. The number of fused-ring (bicyclic) bond motifs is 3. The second kappa shape index (κ2) is 7.56. The Bertz CT molecular complexity index is 1510. The molecule has 34 heavy (non-hydrogen) atoms. The van der Waals surface area contributed by atoms with Gasteiger partial charge < -0.3 is 13.9 Å². The van der Waals surface area contributed by atoms with E-state index in [0.29, 0.717) is 0 Å². The van der Waals surface area contributed by atoms with E-state index < -0.39 is 7.12 Å². The summed E-state index contributed by atoms with van der Waals surface area (Å²) in [5.74, 6) is 0. The molecule has 168 valence electrons. The zero-order chi connectivity index (χ0) is 23.5. The maximum absolute atomic E-state index is 6.32. The summed E-state index contributed by atoms with van der Waals surface area (Å²) in [5, 5.41) is 1.15. The maximum Gasteiger partial charge on any atom is 0.494 e. The molecule has 1 fully saturated rings. The Hall–Kier alpha value is -3.41. The van der Waals surface area contributed by atoms with Crippen molar-refractivity contribution >= 4 is 34.5 Å². The van der Waals surface area contributed by atoms with Crippen LogP contribution in [0.25, 0.3) is 38.8 Å². The molecule has 0 bridgehead atoms. The van der Waals surface area contributed by atoms with Gasteiger partial charge >= 0.3 is 7.12 Å². The van der Waals surface area contributed by atoms with Gasteiger partial charge in [0.25, 0.3) is 0 Å². The smallest absolute Gasteiger partial charge is 0.399 e. The summed E-state index contributed by atoms with van der Waals surface area (Å²) in [6.45, 7) is 8.34. The monoisotopic (exact) mass is 446 g/mol. The van der Waals surface area contributed by atoms with Crippen molar-refractivity contribution in [3.63, 3.8) is 0 Å². The lowest BCUT2D eigenvalue weighted by Gasteiger charge is -2.32. The first kappa shape index (κ1) is 21.1. The predicted molar refractivity (Wildman–Crippen MR) is 140 cm³/mol. The summed E-state index contributed by atoms with van der Waals surface area (Å²) >= 11 is 0. The van der Waals surface area contributed by atoms with Crippen LogP contribution in [-0.2, 0) is 9.31 Å². The molecule has 0 unspecified atom stereocenters. The Morgan fingerprint density at radius 2 is 1.44 bits per heavy atom. The molecule has 5 aromatic rings. The van der Waals surface area contributed by atoms with Gasteiger partial charge in [-0.05, 0) is 74.6 Å². The lowest BCUT2D eigenvalue weighted by molar-refractivity contribution is 0.00578. The molecule has 1 aliphatic heterocycles. The first-order chi connectivity index (χ1) is 16.4. The largest absolute Gasteiger partial charge is 0.494 e. The molecule has 0 spiro atoms. The zero-order valence-electron chi connectivity index (χ0n) is 19.9. The van der Waals surface area contributed by atoms with Gasteiger partial charge in [-0.3, -0.25) is 4.98 Å². The number of rotatable bonds is 3. The number of benzene rings is 3. The van der Waals surface area contributed by atoms with Crippen molar-refractivity contribution in [1.29, 1.82) is 0 Å². The number of pyridine rings is 1. The minimum Gasteiger partial charge on any atom is -0.399 e. The zero-order valence-corrected chi connectivity index (χ0v) is 19.9. The van der Waals surface area contributed by atoms with E-state index in [4.69, 9.17) is 14.3 Å². The Morgan fingerprint density at radius 3 is 2.21 bits per heavy atom. The van der Waals surface area contributed by atoms with Crippen LogP contribution in [0.5, 0.6) is 0 Å². The van der Waals surface area contributed by atoms with Gasteiger partial charge in [0.05, 0.1) is 27.8 Å². The lowest BCUT2D eigenvalue weighted by atomic mass is 9.78. The molecule has 2 aromatic heterocycles. The average Bonchev–Trinajstić information content (AvgIpc) is 3.29. The number of aromatic nitrogens is 2. The highest BCUT2D eigenvalue weighted by Gasteiger charge is 2.51. The molecule has 0 N–H and O–H groups in total. The molecule has 3 heterocycles. The fourth-order valence-corrected chi connectivity index (χ4v) is 4.80.